The van der Waals surface area contributed by atoms with E-state index in [-0.39, 0.29) is 6.09 Å². The van der Waals surface area contributed by atoms with E-state index in [0.717, 1.165) is 52.0 Å². The Balaban J connectivity index is 1.77. The second-order valence-corrected chi connectivity index (χ2v) is 7.18. The van der Waals surface area contributed by atoms with Crippen LogP contribution in [-0.4, -0.2) is 55.0 Å². The van der Waals surface area contributed by atoms with Crippen LogP contribution in [0.2, 0.25) is 0 Å². The molecule has 0 radical (unpaired) electrons. The topological polar surface area (TPSA) is 50.8 Å². The molecular formula is C16H30N2O3. The SMILES string of the molecule is CC(C)(C)OC(=O)N1CCC[C@@H](N[C@H]2CCCOC2)CC1. The van der Waals surface area contributed by atoms with Crippen molar-refractivity contribution < 1.29 is 14.3 Å². The van der Waals surface area contributed by atoms with Crippen molar-refractivity contribution in [3.63, 3.8) is 0 Å². The molecule has 2 aliphatic rings. The molecule has 2 heterocycles. The quantitative estimate of drug-likeness (QED) is 0.851. The average molecular weight is 298 g/mol. The van der Waals surface area contributed by atoms with Gasteiger partial charge in [-0.15, -0.1) is 0 Å². The number of likely N-dealkylation sites (tertiary alicyclic amines) is 1. The first-order valence-corrected chi connectivity index (χ1v) is 8.26. The molecule has 5 nitrogen and oxygen atoms in total. The first-order chi connectivity index (χ1) is 9.94. The number of hydrogen-bond donors (Lipinski definition) is 1. The summed E-state index contributed by atoms with van der Waals surface area (Å²) >= 11 is 0. The van der Waals surface area contributed by atoms with Crippen LogP contribution in [0.15, 0.2) is 0 Å². The van der Waals surface area contributed by atoms with Crippen molar-refractivity contribution in [2.75, 3.05) is 26.3 Å². The van der Waals surface area contributed by atoms with E-state index < -0.39 is 5.60 Å². The second-order valence-electron chi connectivity index (χ2n) is 7.18. The fourth-order valence-electron chi connectivity index (χ4n) is 2.98. The van der Waals surface area contributed by atoms with Crippen molar-refractivity contribution in [2.45, 2.75) is 70.6 Å². The largest absolute Gasteiger partial charge is 0.444 e. The van der Waals surface area contributed by atoms with Crippen molar-refractivity contribution in [1.82, 2.24) is 10.2 Å². The Morgan fingerprint density at radius 3 is 2.57 bits per heavy atom. The molecule has 5 heteroatoms. The molecule has 0 aliphatic carbocycles. The highest BCUT2D eigenvalue weighted by atomic mass is 16.6. The molecule has 0 aromatic rings. The average Bonchev–Trinajstić information content (AvgIpc) is 2.64. The molecule has 2 saturated heterocycles. The molecule has 2 fully saturated rings. The fourth-order valence-corrected chi connectivity index (χ4v) is 2.98. The Labute approximate surface area is 128 Å². The molecule has 0 spiro atoms. The molecule has 0 aromatic carbocycles. The molecule has 122 valence electrons. The Hall–Kier alpha value is -0.810. The van der Waals surface area contributed by atoms with Gasteiger partial charge in [-0.05, 0) is 52.9 Å². The van der Waals surface area contributed by atoms with Gasteiger partial charge < -0.3 is 19.7 Å². The Kier molecular flexibility index (Phi) is 5.88. The first-order valence-electron chi connectivity index (χ1n) is 8.26. The summed E-state index contributed by atoms with van der Waals surface area (Å²) in [6.45, 7) is 9.04. The molecule has 2 rings (SSSR count). The van der Waals surface area contributed by atoms with Gasteiger partial charge in [0.15, 0.2) is 0 Å². The summed E-state index contributed by atoms with van der Waals surface area (Å²) < 4.78 is 11.0. The van der Waals surface area contributed by atoms with Gasteiger partial charge in [-0.1, -0.05) is 0 Å². The van der Waals surface area contributed by atoms with E-state index in [9.17, 15) is 4.79 Å². The summed E-state index contributed by atoms with van der Waals surface area (Å²) in [6.07, 6.45) is 5.32. The molecule has 2 atom stereocenters. The zero-order valence-electron chi connectivity index (χ0n) is 13.7. The van der Waals surface area contributed by atoms with Gasteiger partial charge in [-0.25, -0.2) is 4.79 Å². The Morgan fingerprint density at radius 2 is 1.90 bits per heavy atom. The van der Waals surface area contributed by atoms with Gasteiger partial charge in [0.2, 0.25) is 0 Å². The number of hydrogen-bond acceptors (Lipinski definition) is 4. The lowest BCUT2D eigenvalue weighted by atomic mass is 10.1. The summed E-state index contributed by atoms with van der Waals surface area (Å²) in [5.74, 6) is 0. The maximum absolute atomic E-state index is 12.1. The normalized spacial score (nSPS) is 28.0. The molecular weight excluding hydrogens is 268 g/mol. The highest BCUT2D eigenvalue weighted by Gasteiger charge is 2.26. The van der Waals surface area contributed by atoms with Gasteiger partial charge >= 0.3 is 6.09 Å². The predicted octanol–water partition coefficient (Wildman–Crippen LogP) is 2.54. The van der Waals surface area contributed by atoms with Crippen LogP contribution in [0.3, 0.4) is 0 Å². The Morgan fingerprint density at radius 1 is 1.14 bits per heavy atom. The summed E-state index contributed by atoms with van der Waals surface area (Å²) in [5, 5.41) is 3.70. The van der Waals surface area contributed by atoms with E-state index in [2.05, 4.69) is 5.32 Å². The fraction of sp³-hybridized carbons (Fsp3) is 0.938. The van der Waals surface area contributed by atoms with Crippen LogP contribution < -0.4 is 5.32 Å². The van der Waals surface area contributed by atoms with Gasteiger partial charge in [-0.2, -0.15) is 0 Å². The van der Waals surface area contributed by atoms with Crippen molar-refractivity contribution in [2.24, 2.45) is 0 Å². The minimum Gasteiger partial charge on any atom is -0.444 e. The van der Waals surface area contributed by atoms with Crippen LogP contribution in [0.25, 0.3) is 0 Å². The highest BCUT2D eigenvalue weighted by Crippen LogP contribution is 2.17. The number of nitrogens with one attached hydrogen (secondary N) is 1. The van der Waals surface area contributed by atoms with Crippen LogP contribution in [0.5, 0.6) is 0 Å². The maximum Gasteiger partial charge on any atom is 0.410 e. The summed E-state index contributed by atoms with van der Waals surface area (Å²) in [4.78, 5) is 14.0. The molecule has 21 heavy (non-hydrogen) atoms. The molecule has 0 bridgehead atoms. The first kappa shape index (κ1) is 16.6. The third kappa shape index (κ3) is 5.83. The molecule has 0 unspecified atom stereocenters. The number of carbonyl (C=O) groups excluding carboxylic acids is 1. The number of carbonyl (C=O) groups is 1. The lowest BCUT2D eigenvalue weighted by Crippen LogP contribution is -2.44. The van der Waals surface area contributed by atoms with Crippen molar-refractivity contribution >= 4 is 6.09 Å². The number of nitrogens with zero attached hydrogens (tertiary/aromatic N) is 1. The third-order valence-electron chi connectivity index (χ3n) is 4.01. The monoisotopic (exact) mass is 298 g/mol. The summed E-state index contributed by atoms with van der Waals surface area (Å²) in [5.41, 5.74) is -0.416. The van der Waals surface area contributed by atoms with E-state index in [1.54, 1.807) is 0 Å². The van der Waals surface area contributed by atoms with E-state index >= 15 is 0 Å². The number of amides is 1. The lowest BCUT2D eigenvalue weighted by Gasteiger charge is -2.28. The molecule has 1 N–H and O–H groups in total. The van der Waals surface area contributed by atoms with E-state index in [4.69, 9.17) is 9.47 Å². The van der Waals surface area contributed by atoms with Crippen molar-refractivity contribution in [3.8, 4) is 0 Å². The van der Waals surface area contributed by atoms with Crippen LogP contribution in [0, 0.1) is 0 Å². The second kappa shape index (κ2) is 7.45. The zero-order chi connectivity index (χ0) is 15.3. The molecule has 1 amide bonds. The minimum absolute atomic E-state index is 0.177. The third-order valence-corrected chi connectivity index (χ3v) is 4.01. The summed E-state index contributed by atoms with van der Waals surface area (Å²) in [6, 6.07) is 0.973. The smallest absolute Gasteiger partial charge is 0.410 e. The minimum atomic E-state index is -0.416. The van der Waals surface area contributed by atoms with Gasteiger partial charge in [-0.3, -0.25) is 0 Å². The van der Waals surface area contributed by atoms with Gasteiger partial charge in [0.05, 0.1) is 6.61 Å². The predicted molar refractivity (Wildman–Crippen MR) is 82.4 cm³/mol. The van der Waals surface area contributed by atoms with E-state index in [0.29, 0.717) is 12.1 Å². The van der Waals surface area contributed by atoms with Crippen LogP contribution in [-0.2, 0) is 9.47 Å². The highest BCUT2D eigenvalue weighted by molar-refractivity contribution is 5.68. The number of rotatable bonds is 2. The van der Waals surface area contributed by atoms with Crippen LogP contribution in [0.4, 0.5) is 4.79 Å². The standard InChI is InChI=1S/C16H30N2O3/c1-16(2,3)21-15(19)18-9-4-6-13(8-10-18)17-14-7-5-11-20-12-14/h13-14,17H,4-12H2,1-3H3/t13-,14+/m1/s1. The van der Waals surface area contributed by atoms with Crippen LogP contribution >= 0.6 is 0 Å². The number of ether oxygens (including phenoxy) is 2. The molecule has 0 aromatic heterocycles. The maximum atomic E-state index is 12.1. The van der Waals surface area contributed by atoms with Gasteiger partial charge in [0.1, 0.15) is 5.60 Å². The van der Waals surface area contributed by atoms with Crippen molar-refractivity contribution in [3.05, 3.63) is 0 Å². The summed E-state index contributed by atoms with van der Waals surface area (Å²) in [7, 11) is 0. The van der Waals surface area contributed by atoms with Gasteiger partial charge in [0, 0.05) is 31.8 Å². The van der Waals surface area contributed by atoms with Gasteiger partial charge in [0.25, 0.3) is 0 Å². The van der Waals surface area contributed by atoms with Crippen LogP contribution in [0.1, 0.15) is 52.9 Å². The lowest BCUT2D eigenvalue weighted by molar-refractivity contribution is 0.0254. The van der Waals surface area contributed by atoms with E-state index in [1.165, 1.54) is 6.42 Å². The molecule has 0 saturated carbocycles. The molecule has 2 aliphatic heterocycles. The Bertz CT molecular complexity index is 335. The zero-order valence-corrected chi connectivity index (χ0v) is 13.7. The van der Waals surface area contributed by atoms with E-state index in [1.807, 2.05) is 25.7 Å². The van der Waals surface area contributed by atoms with Crippen molar-refractivity contribution in [1.29, 1.82) is 0 Å².